The molecule has 0 spiro atoms. The zero-order valence-electron chi connectivity index (χ0n) is 14.6. The lowest BCUT2D eigenvalue weighted by molar-refractivity contribution is -0.387. The maximum absolute atomic E-state index is 12.4. The SMILES string of the molecule is COc1cc(CNS(=O)(=O)c2ccccc2[N+](=O)[O-])ccc1OC(C)C. The van der Waals surface area contributed by atoms with Crippen LogP contribution in [0.5, 0.6) is 11.5 Å². The highest BCUT2D eigenvalue weighted by Gasteiger charge is 2.24. The number of ether oxygens (including phenoxy) is 2. The lowest BCUT2D eigenvalue weighted by Crippen LogP contribution is -2.24. The molecule has 2 rings (SSSR count). The average Bonchev–Trinajstić information content (AvgIpc) is 2.60. The summed E-state index contributed by atoms with van der Waals surface area (Å²) in [5.41, 5.74) is 0.151. The maximum Gasteiger partial charge on any atom is 0.289 e. The average molecular weight is 380 g/mol. The molecular weight excluding hydrogens is 360 g/mol. The molecule has 0 radical (unpaired) electrons. The summed E-state index contributed by atoms with van der Waals surface area (Å²) >= 11 is 0. The summed E-state index contributed by atoms with van der Waals surface area (Å²) in [5, 5.41) is 11.0. The Bertz CT molecular complexity index is 896. The Morgan fingerprint density at radius 1 is 1.15 bits per heavy atom. The topological polar surface area (TPSA) is 108 Å². The van der Waals surface area contributed by atoms with Crippen molar-refractivity contribution < 1.29 is 22.8 Å². The number of nitro groups is 1. The number of rotatable bonds is 8. The first-order chi connectivity index (χ1) is 12.2. The molecule has 0 aromatic heterocycles. The molecule has 26 heavy (non-hydrogen) atoms. The van der Waals surface area contributed by atoms with Crippen LogP contribution in [0.15, 0.2) is 47.4 Å². The fourth-order valence-electron chi connectivity index (χ4n) is 2.26. The zero-order chi connectivity index (χ0) is 19.3. The molecule has 0 aliphatic heterocycles. The van der Waals surface area contributed by atoms with Crippen LogP contribution in [-0.2, 0) is 16.6 Å². The predicted octanol–water partition coefficient (Wildman–Crippen LogP) is 2.87. The number of sulfonamides is 1. The van der Waals surface area contributed by atoms with Gasteiger partial charge in [0.2, 0.25) is 10.0 Å². The summed E-state index contributed by atoms with van der Waals surface area (Å²) in [6.07, 6.45) is -0.0353. The Morgan fingerprint density at radius 3 is 2.46 bits per heavy atom. The highest BCUT2D eigenvalue weighted by molar-refractivity contribution is 7.89. The van der Waals surface area contributed by atoms with E-state index >= 15 is 0 Å². The molecule has 0 aliphatic rings. The Hall–Kier alpha value is -2.65. The summed E-state index contributed by atoms with van der Waals surface area (Å²) < 4.78 is 38.1. The third kappa shape index (κ3) is 4.70. The summed E-state index contributed by atoms with van der Waals surface area (Å²) in [7, 11) is -2.56. The Balaban J connectivity index is 2.21. The zero-order valence-corrected chi connectivity index (χ0v) is 15.4. The van der Waals surface area contributed by atoms with Crippen molar-refractivity contribution in [2.24, 2.45) is 0 Å². The molecule has 9 heteroatoms. The fraction of sp³-hybridized carbons (Fsp3) is 0.294. The Labute approximate surface area is 152 Å². The Kier molecular flexibility index (Phi) is 6.17. The van der Waals surface area contributed by atoms with Crippen LogP contribution in [0.4, 0.5) is 5.69 Å². The first-order valence-corrected chi connectivity index (χ1v) is 9.29. The van der Waals surface area contributed by atoms with Crippen LogP contribution in [0, 0.1) is 10.1 Å². The van der Waals surface area contributed by atoms with E-state index in [-0.39, 0.29) is 17.5 Å². The van der Waals surface area contributed by atoms with Crippen molar-refractivity contribution in [3.05, 3.63) is 58.1 Å². The van der Waals surface area contributed by atoms with Gasteiger partial charge in [0.05, 0.1) is 18.1 Å². The minimum Gasteiger partial charge on any atom is -0.493 e. The van der Waals surface area contributed by atoms with Crippen molar-refractivity contribution in [1.82, 2.24) is 4.72 Å². The van der Waals surface area contributed by atoms with Crippen LogP contribution >= 0.6 is 0 Å². The highest BCUT2D eigenvalue weighted by Crippen LogP contribution is 2.29. The minimum absolute atomic E-state index is 0.0353. The van der Waals surface area contributed by atoms with Gasteiger partial charge in [0.1, 0.15) is 0 Å². The van der Waals surface area contributed by atoms with Crippen LogP contribution in [0.25, 0.3) is 0 Å². The monoisotopic (exact) mass is 380 g/mol. The van der Waals surface area contributed by atoms with E-state index in [9.17, 15) is 18.5 Å². The van der Waals surface area contributed by atoms with Gasteiger partial charge in [0.15, 0.2) is 16.4 Å². The van der Waals surface area contributed by atoms with Gasteiger partial charge in [-0.25, -0.2) is 13.1 Å². The summed E-state index contributed by atoms with van der Waals surface area (Å²) in [6.45, 7) is 3.72. The molecule has 0 aliphatic carbocycles. The molecular formula is C17H20N2O6S. The number of hydrogen-bond donors (Lipinski definition) is 1. The lowest BCUT2D eigenvalue weighted by atomic mass is 10.2. The smallest absolute Gasteiger partial charge is 0.289 e. The molecule has 0 fully saturated rings. The molecule has 0 heterocycles. The standard InChI is InChI=1S/C17H20N2O6S/c1-12(2)25-15-9-8-13(10-16(15)24-3)11-18-26(22,23)17-7-5-4-6-14(17)19(20)21/h4-10,12,18H,11H2,1-3H3. The van der Waals surface area contributed by atoms with Gasteiger partial charge in [0.25, 0.3) is 5.69 Å². The fourth-order valence-corrected chi connectivity index (χ4v) is 3.45. The number of nitrogens with zero attached hydrogens (tertiary/aromatic N) is 1. The van der Waals surface area contributed by atoms with Gasteiger partial charge < -0.3 is 9.47 Å². The lowest BCUT2D eigenvalue weighted by Gasteiger charge is -2.15. The van der Waals surface area contributed by atoms with Gasteiger partial charge in [-0.1, -0.05) is 18.2 Å². The van der Waals surface area contributed by atoms with E-state index in [1.165, 1.54) is 25.3 Å². The van der Waals surface area contributed by atoms with Crippen molar-refractivity contribution in [3.63, 3.8) is 0 Å². The van der Waals surface area contributed by atoms with Gasteiger partial charge in [-0.05, 0) is 37.6 Å². The van der Waals surface area contributed by atoms with Crippen LogP contribution in [-0.4, -0.2) is 26.6 Å². The number of benzene rings is 2. The van der Waals surface area contributed by atoms with E-state index < -0.39 is 20.6 Å². The van der Waals surface area contributed by atoms with E-state index in [1.807, 2.05) is 13.8 Å². The van der Waals surface area contributed by atoms with Crippen molar-refractivity contribution in [3.8, 4) is 11.5 Å². The molecule has 0 saturated heterocycles. The number of nitrogens with one attached hydrogen (secondary N) is 1. The normalized spacial score (nSPS) is 11.4. The van der Waals surface area contributed by atoms with Crippen molar-refractivity contribution in [2.45, 2.75) is 31.4 Å². The van der Waals surface area contributed by atoms with Crippen LogP contribution in [0.1, 0.15) is 19.4 Å². The van der Waals surface area contributed by atoms with E-state index in [2.05, 4.69) is 4.72 Å². The number of nitro benzene ring substituents is 1. The number of hydrogen-bond acceptors (Lipinski definition) is 6. The number of para-hydroxylation sites is 1. The van der Waals surface area contributed by atoms with E-state index in [0.717, 1.165) is 6.07 Å². The second-order valence-electron chi connectivity index (χ2n) is 5.70. The van der Waals surface area contributed by atoms with Crippen LogP contribution in [0.2, 0.25) is 0 Å². The molecule has 0 atom stereocenters. The first-order valence-electron chi connectivity index (χ1n) is 7.81. The third-order valence-corrected chi connectivity index (χ3v) is 4.86. The molecule has 8 nitrogen and oxygen atoms in total. The van der Waals surface area contributed by atoms with Gasteiger partial charge in [-0.2, -0.15) is 0 Å². The van der Waals surface area contributed by atoms with Crippen molar-refractivity contribution in [2.75, 3.05) is 7.11 Å². The predicted molar refractivity (Wildman–Crippen MR) is 95.9 cm³/mol. The molecule has 1 N–H and O–H groups in total. The van der Waals surface area contributed by atoms with Gasteiger partial charge in [0, 0.05) is 12.6 Å². The molecule has 0 unspecified atom stereocenters. The first kappa shape index (κ1) is 19.7. The second-order valence-corrected chi connectivity index (χ2v) is 7.44. The summed E-state index contributed by atoms with van der Waals surface area (Å²) in [5.74, 6) is 1.02. The van der Waals surface area contributed by atoms with E-state index in [1.54, 1.807) is 18.2 Å². The minimum atomic E-state index is -4.05. The van der Waals surface area contributed by atoms with Crippen LogP contribution in [0.3, 0.4) is 0 Å². The third-order valence-electron chi connectivity index (χ3n) is 3.41. The molecule has 2 aromatic carbocycles. The molecule has 0 bridgehead atoms. The van der Waals surface area contributed by atoms with Gasteiger partial charge in [-0.15, -0.1) is 0 Å². The van der Waals surface area contributed by atoms with E-state index in [4.69, 9.17) is 9.47 Å². The van der Waals surface area contributed by atoms with E-state index in [0.29, 0.717) is 17.1 Å². The molecule has 0 amide bonds. The summed E-state index contributed by atoms with van der Waals surface area (Å²) in [4.78, 5) is 9.93. The molecule has 0 saturated carbocycles. The van der Waals surface area contributed by atoms with Crippen molar-refractivity contribution >= 4 is 15.7 Å². The van der Waals surface area contributed by atoms with Gasteiger partial charge in [-0.3, -0.25) is 10.1 Å². The maximum atomic E-state index is 12.4. The van der Waals surface area contributed by atoms with Crippen molar-refractivity contribution in [1.29, 1.82) is 0 Å². The highest BCUT2D eigenvalue weighted by atomic mass is 32.2. The molecule has 140 valence electrons. The second kappa shape index (κ2) is 8.15. The Morgan fingerprint density at radius 2 is 1.85 bits per heavy atom. The largest absolute Gasteiger partial charge is 0.493 e. The van der Waals surface area contributed by atoms with Gasteiger partial charge >= 0.3 is 0 Å². The summed E-state index contributed by atoms with van der Waals surface area (Å²) in [6, 6.07) is 10.2. The van der Waals surface area contributed by atoms with Crippen LogP contribution < -0.4 is 14.2 Å². The molecule has 2 aromatic rings. The number of methoxy groups -OCH3 is 1. The quantitative estimate of drug-likeness (QED) is 0.557.